The quantitative estimate of drug-likeness (QED) is 0.657. The van der Waals surface area contributed by atoms with Crippen LogP contribution in [0.3, 0.4) is 0 Å². The summed E-state index contributed by atoms with van der Waals surface area (Å²) in [5, 5.41) is 8.62. The summed E-state index contributed by atoms with van der Waals surface area (Å²) in [7, 11) is 0. The van der Waals surface area contributed by atoms with Crippen LogP contribution in [-0.2, 0) is 11.2 Å². The number of oxazole rings is 1. The van der Waals surface area contributed by atoms with Crippen LogP contribution in [0, 0.1) is 5.92 Å². The Morgan fingerprint density at radius 3 is 3.00 bits per heavy atom. The van der Waals surface area contributed by atoms with Gasteiger partial charge >= 0.3 is 5.97 Å². The molecule has 1 aromatic rings. The number of carboxylic acid groups (broad SMARTS) is 1. The zero-order valence-corrected chi connectivity index (χ0v) is 6.43. The zero-order chi connectivity index (χ0) is 8.97. The van der Waals surface area contributed by atoms with Gasteiger partial charge in [-0.15, -0.1) is 0 Å². The monoisotopic (exact) mass is 170 g/mol. The third-order valence-electron chi connectivity index (χ3n) is 1.54. The predicted molar refractivity (Wildman–Crippen MR) is 40.4 cm³/mol. The molecule has 0 aliphatic rings. The highest BCUT2D eigenvalue weighted by Crippen LogP contribution is 2.05. The molecule has 0 fully saturated rings. The number of aliphatic carboxylic acids is 1. The van der Waals surface area contributed by atoms with Gasteiger partial charge in [-0.25, -0.2) is 4.98 Å². The number of hydrogen-bond donors (Lipinski definition) is 2. The van der Waals surface area contributed by atoms with Crippen LogP contribution in [0.2, 0.25) is 0 Å². The first kappa shape index (κ1) is 8.73. The number of rotatable bonds is 4. The van der Waals surface area contributed by atoms with Gasteiger partial charge in [-0.05, 0) is 0 Å². The summed E-state index contributed by atoms with van der Waals surface area (Å²) < 4.78 is 4.89. The summed E-state index contributed by atoms with van der Waals surface area (Å²) in [5.74, 6) is -1.12. The third kappa shape index (κ3) is 2.06. The first-order valence-corrected chi connectivity index (χ1v) is 3.55. The molecule has 1 heterocycles. The van der Waals surface area contributed by atoms with Crippen molar-refractivity contribution in [2.24, 2.45) is 11.7 Å². The van der Waals surface area contributed by atoms with E-state index in [2.05, 4.69) is 4.98 Å². The van der Waals surface area contributed by atoms with Crippen LogP contribution in [-0.4, -0.2) is 22.6 Å². The van der Waals surface area contributed by atoms with Gasteiger partial charge in [0, 0.05) is 13.0 Å². The average Bonchev–Trinajstić information content (AvgIpc) is 2.51. The van der Waals surface area contributed by atoms with Crippen LogP contribution < -0.4 is 5.73 Å². The molecule has 0 amide bonds. The second-order valence-electron chi connectivity index (χ2n) is 2.40. The second kappa shape index (κ2) is 3.87. The van der Waals surface area contributed by atoms with E-state index in [1.165, 1.54) is 12.5 Å². The summed E-state index contributed by atoms with van der Waals surface area (Å²) in [6.45, 7) is 0.0950. The number of nitrogens with two attached hydrogens (primary N) is 1. The molecule has 1 rings (SSSR count). The van der Waals surface area contributed by atoms with Crippen LogP contribution in [0.15, 0.2) is 16.9 Å². The Morgan fingerprint density at radius 2 is 2.58 bits per heavy atom. The van der Waals surface area contributed by atoms with Gasteiger partial charge in [0.2, 0.25) is 0 Å². The molecule has 0 saturated heterocycles. The second-order valence-corrected chi connectivity index (χ2v) is 2.40. The molecule has 0 aromatic carbocycles. The van der Waals surface area contributed by atoms with Crippen molar-refractivity contribution in [2.45, 2.75) is 6.42 Å². The molecular weight excluding hydrogens is 160 g/mol. The van der Waals surface area contributed by atoms with E-state index in [4.69, 9.17) is 15.3 Å². The van der Waals surface area contributed by atoms with Crippen molar-refractivity contribution in [1.29, 1.82) is 0 Å². The Balaban J connectivity index is 2.54. The lowest BCUT2D eigenvalue weighted by atomic mass is 10.1. The molecule has 0 spiro atoms. The maximum atomic E-state index is 10.5. The van der Waals surface area contributed by atoms with Crippen molar-refractivity contribution < 1.29 is 14.3 Å². The van der Waals surface area contributed by atoms with E-state index in [-0.39, 0.29) is 13.0 Å². The Bertz CT molecular complexity index is 245. The van der Waals surface area contributed by atoms with E-state index >= 15 is 0 Å². The maximum Gasteiger partial charge on any atom is 0.308 e. The highest BCUT2D eigenvalue weighted by atomic mass is 16.4. The highest BCUT2D eigenvalue weighted by molar-refractivity contribution is 5.70. The van der Waals surface area contributed by atoms with Gasteiger partial charge in [-0.1, -0.05) is 0 Å². The van der Waals surface area contributed by atoms with Gasteiger partial charge in [0.05, 0.1) is 12.1 Å². The molecule has 3 N–H and O–H groups in total. The molecular formula is C7H10N2O3. The standard InChI is InChI=1S/C7H10N2O3/c8-4-5(7(10)11)3-6-9-1-2-12-6/h1-2,5H,3-4,8H2,(H,10,11). The average molecular weight is 170 g/mol. The van der Waals surface area contributed by atoms with Crippen molar-refractivity contribution in [1.82, 2.24) is 4.98 Å². The third-order valence-corrected chi connectivity index (χ3v) is 1.54. The normalized spacial score (nSPS) is 12.8. The van der Waals surface area contributed by atoms with Crippen LogP contribution in [0.5, 0.6) is 0 Å². The van der Waals surface area contributed by atoms with Crippen molar-refractivity contribution in [3.8, 4) is 0 Å². The largest absolute Gasteiger partial charge is 0.481 e. The summed E-state index contributed by atoms with van der Waals surface area (Å²) in [4.78, 5) is 14.3. The molecule has 5 nitrogen and oxygen atoms in total. The molecule has 0 bridgehead atoms. The van der Waals surface area contributed by atoms with E-state index in [9.17, 15) is 4.79 Å². The van der Waals surface area contributed by atoms with E-state index in [1.807, 2.05) is 0 Å². The number of nitrogens with zero attached hydrogens (tertiary/aromatic N) is 1. The first-order chi connectivity index (χ1) is 5.74. The van der Waals surface area contributed by atoms with Crippen LogP contribution in [0.25, 0.3) is 0 Å². The van der Waals surface area contributed by atoms with Crippen molar-refractivity contribution in [3.05, 3.63) is 18.4 Å². The Morgan fingerprint density at radius 1 is 1.83 bits per heavy atom. The fourth-order valence-electron chi connectivity index (χ4n) is 0.836. The molecule has 66 valence electrons. The minimum absolute atomic E-state index is 0.0950. The van der Waals surface area contributed by atoms with Gasteiger partial charge in [0.1, 0.15) is 6.26 Å². The van der Waals surface area contributed by atoms with Gasteiger partial charge in [-0.2, -0.15) is 0 Å². The lowest BCUT2D eigenvalue weighted by Crippen LogP contribution is -2.25. The minimum Gasteiger partial charge on any atom is -0.481 e. The molecule has 0 radical (unpaired) electrons. The molecule has 0 aliphatic heterocycles. The van der Waals surface area contributed by atoms with Crippen LogP contribution in [0.1, 0.15) is 5.89 Å². The predicted octanol–water partition coefficient (Wildman–Crippen LogP) is -0.123. The van der Waals surface area contributed by atoms with Crippen LogP contribution >= 0.6 is 0 Å². The minimum atomic E-state index is -0.921. The number of carbonyl (C=O) groups is 1. The molecule has 5 heteroatoms. The van der Waals surface area contributed by atoms with Gasteiger partial charge in [0.25, 0.3) is 0 Å². The van der Waals surface area contributed by atoms with E-state index < -0.39 is 11.9 Å². The maximum absolute atomic E-state index is 10.5. The Kier molecular flexibility index (Phi) is 2.82. The smallest absolute Gasteiger partial charge is 0.308 e. The summed E-state index contributed by atoms with van der Waals surface area (Å²) in [6.07, 6.45) is 3.13. The van der Waals surface area contributed by atoms with Gasteiger partial charge in [-0.3, -0.25) is 4.79 Å². The number of hydrogen-bond acceptors (Lipinski definition) is 4. The summed E-state index contributed by atoms with van der Waals surface area (Å²) in [5.41, 5.74) is 5.24. The zero-order valence-electron chi connectivity index (χ0n) is 6.43. The number of aromatic nitrogens is 1. The van der Waals surface area contributed by atoms with Crippen molar-refractivity contribution >= 4 is 5.97 Å². The molecule has 0 aliphatic carbocycles. The molecule has 12 heavy (non-hydrogen) atoms. The summed E-state index contributed by atoms with van der Waals surface area (Å²) in [6, 6.07) is 0. The van der Waals surface area contributed by atoms with E-state index in [0.29, 0.717) is 5.89 Å². The SMILES string of the molecule is NCC(Cc1ncco1)C(=O)O. The first-order valence-electron chi connectivity index (χ1n) is 3.55. The molecule has 0 saturated carbocycles. The lowest BCUT2D eigenvalue weighted by molar-refractivity contribution is -0.141. The number of carboxylic acids is 1. The Hall–Kier alpha value is -1.36. The Labute approximate surface area is 69.2 Å². The van der Waals surface area contributed by atoms with Gasteiger partial charge in [0.15, 0.2) is 5.89 Å². The summed E-state index contributed by atoms with van der Waals surface area (Å²) >= 11 is 0. The van der Waals surface area contributed by atoms with Gasteiger partial charge < -0.3 is 15.3 Å². The molecule has 1 aromatic heterocycles. The highest BCUT2D eigenvalue weighted by Gasteiger charge is 2.17. The van der Waals surface area contributed by atoms with E-state index in [0.717, 1.165) is 0 Å². The lowest BCUT2D eigenvalue weighted by Gasteiger charge is -2.05. The van der Waals surface area contributed by atoms with Crippen molar-refractivity contribution in [3.63, 3.8) is 0 Å². The van der Waals surface area contributed by atoms with Crippen molar-refractivity contribution in [2.75, 3.05) is 6.54 Å². The fourth-order valence-corrected chi connectivity index (χ4v) is 0.836. The van der Waals surface area contributed by atoms with Crippen LogP contribution in [0.4, 0.5) is 0 Å². The molecule has 1 unspecified atom stereocenters. The molecule has 1 atom stereocenters. The topological polar surface area (TPSA) is 89.4 Å². The fraction of sp³-hybridized carbons (Fsp3) is 0.429. The van der Waals surface area contributed by atoms with E-state index in [1.54, 1.807) is 0 Å².